The van der Waals surface area contributed by atoms with Gasteiger partial charge in [0, 0.05) is 0 Å². The van der Waals surface area contributed by atoms with Gasteiger partial charge >= 0.3 is 5.97 Å². The van der Waals surface area contributed by atoms with Crippen LogP contribution in [0.1, 0.15) is 18.9 Å². The predicted molar refractivity (Wildman–Crippen MR) is 61.8 cm³/mol. The highest BCUT2D eigenvalue weighted by Crippen LogP contribution is 2.14. The summed E-state index contributed by atoms with van der Waals surface area (Å²) >= 11 is 0. The fourth-order valence-corrected chi connectivity index (χ4v) is 1.92. The third-order valence-corrected chi connectivity index (χ3v) is 2.86. The summed E-state index contributed by atoms with van der Waals surface area (Å²) in [6.07, 6.45) is 0.883. The van der Waals surface area contributed by atoms with Gasteiger partial charge in [0.1, 0.15) is 12.6 Å². The van der Waals surface area contributed by atoms with Gasteiger partial charge in [0.25, 0.3) is 0 Å². The van der Waals surface area contributed by atoms with Crippen LogP contribution in [0, 0.1) is 5.92 Å². The summed E-state index contributed by atoms with van der Waals surface area (Å²) < 4.78 is 5.26. The second kappa shape index (κ2) is 5.12. The van der Waals surface area contributed by atoms with E-state index in [2.05, 4.69) is 12.2 Å². The van der Waals surface area contributed by atoms with E-state index in [-0.39, 0.29) is 12.0 Å². The molecule has 0 radical (unpaired) electrons. The molecule has 16 heavy (non-hydrogen) atoms. The summed E-state index contributed by atoms with van der Waals surface area (Å²) in [4.78, 5) is 11.7. The molecule has 0 saturated carbocycles. The van der Waals surface area contributed by atoms with Crippen molar-refractivity contribution in [3.05, 3.63) is 35.9 Å². The minimum absolute atomic E-state index is 0.112. The maximum atomic E-state index is 11.7. The molecule has 1 aromatic carbocycles. The Bertz CT molecular complexity index is 350. The highest BCUT2D eigenvalue weighted by Gasteiger charge is 2.27. The quantitative estimate of drug-likeness (QED) is 0.787. The van der Waals surface area contributed by atoms with Crippen LogP contribution in [-0.4, -0.2) is 18.6 Å². The lowest BCUT2D eigenvalue weighted by atomic mass is 10.1. The van der Waals surface area contributed by atoms with Crippen LogP contribution in [0.5, 0.6) is 0 Å². The Morgan fingerprint density at radius 3 is 2.81 bits per heavy atom. The van der Waals surface area contributed by atoms with Crippen LogP contribution in [0.25, 0.3) is 0 Å². The average Bonchev–Trinajstić information content (AvgIpc) is 2.74. The zero-order valence-electron chi connectivity index (χ0n) is 9.48. The van der Waals surface area contributed by atoms with Crippen molar-refractivity contribution in [2.75, 3.05) is 6.54 Å². The van der Waals surface area contributed by atoms with E-state index in [0.29, 0.717) is 12.5 Å². The smallest absolute Gasteiger partial charge is 0.323 e. The fraction of sp³-hybridized carbons (Fsp3) is 0.462. The monoisotopic (exact) mass is 219 g/mol. The van der Waals surface area contributed by atoms with E-state index < -0.39 is 0 Å². The molecule has 1 aromatic rings. The number of esters is 1. The number of rotatable bonds is 3. The standard InChI is InChI=1S/C13H17NO2/c1-10-7-12(14-8-10)13(15)16-9-11-5-3-2-4-6-11/h2-6,10,12,14H,7-9H2,1H3. The summed E-state index contributed by atoms with van der Waals surface area (Å²) in [5, 5.41) is 3.17. The molecule has 2 unspecified atom stereocenters. The molecule has 0 bridgehead atoms. The van der Waals surface area contributed by atoms with Crippen molar-refractivity contribution < 1.29 is 9.53 Å². The highest BCUT2D eigenvalue weighted by molar-refractivity contribution is 5.76. The van der Waals surface area contributed by atoms with Gasteiger partial charge in [-0.3, -0.25) is 4.79 Å². The maximum Gasteiger partial charge on any atom is 0.323 e. The lowest BCUT2D eigenvalue weighted by Gasteiger charge is -2.10. The molecule has 1 heterocycles. The molecule has 0 amide bonds. The first kappa shape index (κ1) is 11.1. The van der Waals surface area contributed by atoms with Gasteiger partial charge in [-0.1, -0.05) is 37.3 Å². The molecular formula is C13H17NO2. The molecule has 1 aliphatic rings. The average molecular weight is 219 g/mol. The Hall–Kier alpha value is -1.35. The number of hydrogen-bond donors (Lipinski definition) is 1. The molecule has 1 saturated heterocycles. The molecule has 0 spiro atoms. The third-order valence-electron chi connectivity index (χ3n) is 2.86. The molecule has 1 fully saturated rings. The summed E-state index contributed by atoms with van der Waals surface area (Å²) in [6.45, 7) is 3.41. The zero-order chi connectivity index (χ0) is 11.4. The van der Waals surface area contributed by atoms with Gasteiger partial charge < -0.3 is 10.1 Å². The number of ether oxygens (including phenoxy) is 1. The molecule has 1 aliphatic heterocycles. The number of carbonyl (C=O) groups excluding carboxylic acids is 1. The minimum Gasteiger partial charge on any atom is -0.460 e. The molecule has 3 heteroatoms. The zero-order valence-corrected chi connectivity index (χ0v) is 9.48. The Morgan fingerprint density at radius 2 is 2.19 bits per heavy atom. The van der Waals surface area contributed by atoms with Gasteiger partial charge in [0.05, 0.1) is 0 Å². The van der Waals surface area contributed by atoms with Gasteiger partial charge in [-0.15, -0.1) is 0 Å². The minimum atomic E-state index is -0.131. The van der Waals surface area contributed by atoms with Crippen molar-refractivity contribution in [3.63, 3.8) is 0 Å². The van der Waals surface area contributed by atoms with E-state index in [4.69, 9.17) is 4.74 Å². The predicted octanol–water partition coefficient (Wildman–Crippen LogP) is 1.73. The van der Waals surface area contributed by atoms with Crippen molar-refractivity contribution in [3.8, 4) is 0 Å². The Labute approximate surface area is 95.8 Å². The normalized spacial score (nSPS) is 24.3. The summed E-state index contributed by atoms with van der Waals surface area (Å²) in [5.74, 6) is 0.433. The second-order valence-electron chi connectivity index (χ2n) is 4.40. The van der Waals surface area contributed by atoms with Gasteiger partial charge in [-0.25, -0.2) is 0 Å². The summed E-state index contributed by atoms with van der Waals surface area (Å²) in [5.41, 5.74) is 1.03. The van der Waals surface area contributed by atoms with E-state index in [1.807, 2.05) is 30.3 Å². The third kappa shape index (κ3) is 2.83. The van der Waals surface area contributed by atoms with Crippen molar-refractivity contribution in [1.82, 2.24) is 5.32 Å². The van der Waals surface area contributed by atoms with Gasteiger partial charge in [0.2, 0.25) is 0 Å². The number of carbonyl (C=O) groups is 1. The molecule has 2 rings (SSSR count). The van der Waals surface area contributed by atoms with Crippen LogP contribution in [0.3, 0.4) is 0 Å². The van der Waals surface area contributed by atoms with Crippen LogP contribution >= 0.6 is 0 Å². The molecule has 2 atom stereocenters. The first-order valence-electron chi connectivity index (χ1n) is 5.69. The second-order valence-corrected chi connectivity index (χ2v) is 4.40. The van der Waals surface area contributed by atoms with E-state index >= 15 is 0 Å². The van der Waals surface area contributed by atoms with Crippen molar-refractivity contribution in [2.45, 2.75) is 26.0 Å². The lowest BCUT2D eigenvalue weighted by molar-refractivity contribution is -0.147. The van der Waals surface area contributed by atoms with Crippen LogP contribution in [0.15, 0.2) is 30.3 Å². The largest absolute Gasteiger partial charge is 0.460 e. The molecule has 3 nitrogen and oxygen atoms in total. The van der Waals surface area contributed by atoms with E-state index in [9.17, 15) is 4.79 Å². The lowest BCUT2D eigenvalue weighted by Crippen LogP contribution is -2.32. The Kier molecular flexibility index (Phi) is 3.57. The van der Waals surface area contributed by atoms with Gasteiger partial charge in [-0.2, -0.15) is 0 Å². The topological polar surface area (TPSA) is 38.3 Å². The summed E-state index contributed by atoms with van der Waals surface area (Å²) in [7, 11) is 0. The van der Waals surface area contributed by atoms with Crippen LogP contribution < -0.4 is 5.32 Å². The molecular weight excluding hydrogens is 202 g/mol. The Balaban J connectivity index is 1.80. The molecule has 0 aromatic heterocycles. The van der Waals surface area contributed by atoms with E-state index in [1.54, 1.807) is 0 Å². The molecule has 1 N–H and O–H groups in total. The first-order chi connectivity index (χ1) is 7.75. The molecule has 0 aliphatic carbocycles. The Morgan fingerprint density at radius 1 is 1.44 bits per heavy atom. The number of benzene rings is 1. The van der Waals surface area contributed by atoms with Crippen molar-refractivity contribution >= 4 is 5.97 Å². The number of hydrogen-bond acceptors (Lipinski definition) is 3. The first-order valence-corrected chi connectivity index (χ1v) is 5.69. The van der Waals surface area contributed by atoms with Crippen LogP contribution in [-0.2, 0) is 16.1 Å². The van der Waals surface area contributed by atoms with E-state index in [0.717, 1.165) is 18.5 Å². The van der Waals surface area contributed by atoms with Crippen molar-refractivity contribution in [2.24, 2.45) is 5.92 Å². The SMILES string of the molecule is CC1CNC(C(=O)OCc2ccccc2)C1. The molecule has 86 valence electrons. The highest BCUT2D eigenvalue weighted by atomic mass is 16.5. The van der Waals surface area contributed by atoms with Crippen molar-refractivity contribution in [1.29, 1.82) is 0 Å². The van der Waals surface area contributed by atoms with Crippen LogP contribution in [0.2, 0.25) is 0 Å². The van der Waals surface area contributed by atoms with Gasteiger partial charge in [-0.05, 0) is 24.4 Å². The van der Waals surface area contributed by atoms with Crippen LogP contribution in [0.4, 0.5) is 0 Å². The fourth-order valence-electron chi connectivity index (χ4n) is 1.92. The van der Waals surface area contributed by atoms with Gasteiger partial charge in [0.15, 0.2) is 0 Å². The summed E-state index contributed by atoms with van der Waals surface area (Å²) in [6, 6.07) is 9.64. The number of nitrogens with one attached hydrogen (secondary N) is 1. The maximum absolute atomic E-state index is 11.7. The van der Waals surface area contributed by atoms with E-state index in [1.165, 1.54) is 0 Å².